The molecule has 2 rings (SSSR count). The van der Waals surface area contributed by atoms with Gasteiger partial charge in [0.05, 0.1) is 24.9 Å². The zero-order chi connectivity index (χ0) is 18.4. The van der Waals surface area contributed by atoms with E-state index in [1.807, 2.05) is 0 Å². The Labute approximate surface area is 144 Å². The molecule has 2 aromatic rings. The number of para-hydroxylation sites is 1. The molecule has 0 aliphatic rings. The molecule has 130 valence electrons. The van der Waals surface area contributed by atoms with E-state index in [0.717, 1.165) is 0 Å². The maximum atomic E-state index is 12.2. The number of hydrogen-bond acceptors (Lipinski definition) is 6. The summed E-state index contributed by atoms with van der Waals surface area (Å²) in [5.41, 5.74) is 3.12. The summed E-state index contributed by atoms with van der Waals surface area (Å²) in [5, 5.41) is 15.0. The lowest BCUT2D eigenvalue weighted by atomic mass is 10.1. The van der Waals surface area contributed by atoms with E-state index >= 15 is 0 Å². The Morgan fingerprint density at radius 2 is 1.84 bits per heavy atom. The molecule has 0 atom stereocenters. The van der Waals surface area contributed by atoms with Gasteiger partial charge in [-0.3, -0.25) is 14.9 Å². The number of benzene rings is 2. The summed E-state index contributed by atoms with van der Waals surface area (Å²) in [6.45, 7) is 1.68. The third-order valence-electron chi connectivity index (χ3n) is 3.47. The van der Waals surface area contributed by atoms with Crippen molar-refractivity contribution in [2.75, 3.05) is 14.2 Å². The fourth-order valence-electron chi connectivity index (χ4n) is 2.18. The number of carbonyl (C=O) groups excluding carboxylic acids is 1. The van der Waals surface area contributed by atoms with Gasteiger partial charge in [0, 0.05) is 17.7 Å². The molecule has 0 aliphatic heterocycles. The van der Waals surface area contributed by atoms with Crippen molar-refractivity contribution in [1.29, 1.82) is 0 Å². The van der Waals surface area contributed by atoms with E-state index in [9.17, 15) is 14.9 Å². The molecule has 1 N–H and O–H groups in total. The fraction of sp³-hybridized carbons (Fsp3) is 0.176. The van der Waals surface area contributed by atoms with Crippen molar-refractivity contribution in [2.24, 2.45) is 5.10 Å². The minimum Gasteiger partial charge on any atom is -0.497 e. The minimum atomic E-state index is -0.667. The molecular formula is C17H17N3O5. The highest BCUT2D eigenvalue weighted by atomic mass is 16.6. The van der Waals surface area contributed by atoms with E-state index in [1.165, 1.54) is 25.3 Å². The van der Waals surface area contributed by atoms with Crippen LogP contribution in [0, 0.1) is 10.1 Å². The van der Waals surface area contributed by atoms with Crippen molar-refractivity contribution in [2.45, 2.75) is 6.92 Å². The Morgan fingerprint density at radius 1 is 1.12 bits per heavy atom. The summed E-state index contributed by atoms with van der Waals surface area (Å²) < 4.78 is 10.4. The fourth-order valence-corrected chi connectivity index (χ4v) is 2.18. The number of nitrogens with one attached hydrogen (secondary N) is 1. The molecule has 0 spiro atoms. The Kier molecular flexibility index (Phi) is 5.67. The summed E-state index contributed by atoms with van der Waals surface area (Å²) >= 11 is 0. The van der Waals surface area contributed by atoms with Crippen molar-refractivity contribution in [3.05, 3.63) is 63.7 Å². The van der Waals surface area contributed by atoms with Crippen molar-refractivity contribution < 1.29 is 19.2 Å². The van der Waals surface area contributed by atoms with Crippen LogP contribution in [0.1, 0.15) is 22.8 Å². The van der Waals surface area contributed by atoms with Crippen LogP contribution in [0.15, 0.2) is 47.6 Å². The number of rotatable bonds is 6. The summed E-state index contributed by atoms with van der Waals surface area (Å²) in [4.78, 5) is 22.6. The van der Waals surface area contributed by atoms with E-state index in [-0.39, 0.29) is 11.3 Å². The molecule has 8 nitrogen and oxygen atoms in total. The lowest BCUT2D eigenvalue weighted by Crippen LogP contribution is -2.20. The maximum Gasteiger partial charge on any atom is 0.282 e. The highest BCUT2D eigenvalue weighted by Gasteiger charge is 2.19. The van der Waals surface area contributed by atoms with Crippen LogP contribution >= 0.6 is 0 Å². The van der Waals surface area contributed by atoms with Crippen LogP contribution in [0.25, 0.3) is 0 Å². The molecule has 1 amide bonds. The van der Waals surface area contributed by atoms with Crippen LogP contribution in [0.4, 0.5) is 5.69 Å². The number of ether oxygens (including phenoxy) is 2. The van der Waals surface area contributed by atoms with Crippen LogP contribution in [-0.2, 0) is 0 Å². The Bertz CT molecular complexity index is 833. The second-order valence-electron chi connectivity index (χ2n) is 4.98. The van der Waals surface area contributed by atoms with E-state index in [2.05, 4.69) is 10.5 Å². The standard InChI is InChI=1S/C17H17N3O5/c1-11(13-9-8-12(24-2)10-16(13)25-3)18-19-17(21)14-6-4-5-7-15(14)20(22)23/h4-10H,1-3H3,(H,19,21)/b18-11+. The van der Waals surface area contributed by atoms with Crippen molar-refractivity contribution in [3.63, 3.8) is 0 Å². The van der Waals surface area contributed by atoms with Gasteiger partial charge in [-0.1, -0.05) is 12.1 Å². The number of amides is 1. The molecule has 0 radical (unpaired) electrons. The minimum absolute atomic E-state index is 0.0641. The van der Waals surface area contributed by atoms with Gasteiger partial charge in [-0.05, 0) is 25.1 Å². The summed E-state index contributed by atoms with van der Waals surface area (Å²) in [7, 11) is 3.06. The van der Waals surface area contributed by atoms with Crippen LogP contribution in [0.2, 0.25) is 0 Å². The lowest BCUT2D eigenvalue weighted by Gasteiger charge is -2.10. The molecule has 0 saturated heterocycles. The first kappa shape index (κ1) is 17.9. The number of nitro groups is 1. The summed E-state index contributed by atoms with van der Waals surface area (Å²) in [5.74, 6) is 0.483. The second-order valence-corrected chi connectivity index (χ2v) is 4.98. The Balaban J connectivity index is 2.25. The van der Waals surface area contributed by atoms with Gasteiger partial charge in [0.2, 0.25) is 0 Å². The average molecular weight is 343 g/mol. The molecule has 2 aromatic carbocycles. The second kappa shape index (κ2) is 7.91. The SMILES string of the molecule is COc1ccc(/C(C)=N/NC(=O)c2ccccc2[N+](=O)[O-])c(OC)c1. The molecule has 0 aliphatic carbocycles. The normalized spacial score (nSPS) is 10.9. The first-order valence-corrected chi connectivity index (χ1v) is 7.28. The zero-order valence-electron chi connectivity index (χ0n) is 14.0. The predicted molar refractivity (Wildman–Crippen MR) is 92.3 cm³/mol. The van der Waals surface area contributed by atoms with Gasteiger partial charge in [0.25, 0.3) is 11.6 Å². The van der Waals surface area contributed by atoms with Gasteiger partial charge in [0.1, 0.15) is 17.1 Å². The summed E-state index contributed by atoms with van der Waals surface area (Å²) in [6, 6.07) is 10.8. The van der Waals surface area contributed by atoms with Gasteiger partial charge in [-0.2, -0.15) is 5.10 Å². The van der Waals surface area contributed by atoms with E-state index in [4.69, 9.17) is 9.47 Å². The van der Waals surface area contributed by atoms with Crippen LogP contribution in [-0.4, -0.2) is 30.8 Å². The molecule has 0 heterocycles. The van der Waals surface area contributed by atoms with Gasteiger partial charge in [-0.15, -0.1) is 0 Å². The molecule has 8 heteroatoms. The number of carbonyl (C=O) groups is 1. The monoisotopic (exact) mass is 343 g/mol. The molecular weight excluding hydrogens is 326 g/mol. The van der Waals surface area contributed by atoms with E-state index in [0.29, 0.717) is 22.8 Å². The third-order valence-corrected chi connectivity index (χ3v) is 3.47. The van der Waals surface area contributed by atoms with Gasteiger partial charge in [-0.25, -0.2) is 5.43 Å². The number of hydrogen-bond donors (Lipinski definition) is 1. The van der Waals surface area contributed by atoms with Crippen LogP contribution in [0.5, 0.6) is 11.5 Å². The Morgan fingerprint density at radius 3 is 2.48 bits per heavy atom. The molecule has 0 aromatic heterocycles. The van der Waals surface area contributed by atoms with Gasteiger partial charge < -0.3 is 9.47 Å². The first-order chi connectivity index (χ1) is 12.0. The summed E-state index contributed by atoms with van der Waals surface area (Å²) in [6.07, 6.45) is 0. The quantitative estimate of drug-likeness (QED) is 0.493. The highest BCUT2D eigenvalue weighted by molar-refractivity contribution is 6.03. The van der Waals surface area contributed by atoms with Crippen LogP contribution in [0.3, 0.4) is 0 Å². The lowest BCUT2D eigenvalue weighted by molar-refractivity contribution is -0.385. The number of hydrazone groups is 1. The largest absolute Gasteiger partial charge is 0.497 e. The molecule has 0 fully saturated rings. The van der Waals surface area contributed by atoms with Crippen molar-refractivity contribution >= 4 is 17.3 Å². The predicted octanol–water partition coefficient (Wildman–Crippen LogP) is 2.77. The maximum absolute atomic E-state index is 12.2. The van der Waals surface area contributed by atoms with E-state index < -0.39 is 10.8 Å². The Hall–Kier alpha value is -3.42. The van der Waals surface area contributed by atoms with Crippen molar-refractivity contribution in [3.8, 4) is 11.5 Å². The molecule has 25 heavy (non-hydrogen) atoms. The smallest absolute Gasteiger partial charge is 0.282 e. The van der Waals surface area contributed by atoms with Gasteiger partial charge >= 0.3 is 0 Å². The molecule has 0 unspecified atom stereocenters. The molecule has 0 bridgehead atoms. The molecule has 0 saturated carbocycles. The number of nitro benzene ring substituents is 1. The third kappa shape index (κ3) is 4.11. The topological polar surface area (TPSA) is 103 Å². The number of nitrogens with zero attached hydrogens (tertiary/aromatic N) is 2. The average Bonchev–Trinajstić information content (AvgIpc) is 2.65. The number of methoxy groups -OCH3 is 2. The zero-order valence-corrected chi connectivity index (χ0v) is 14.0. The van der Waals surface area contributed by atoms with Crippen LogP contribution < -0.4 is 14.9 Å². The first-order valence-electron chi connectivity index (χ1n) is 7.28. The van der Waals surface area contributed by atoms with Gasteiger partial charge in [0.15, 0.2) is 0 Å². The van der Waals surface area contributed by atoms with E-state index in [1.54, 1.807) is 38.3 Å². The van der Waals surface area contributed by atoms with Crippen molar-refractivity contribution in [1.82, 2.24) is 5.43 Å². The highest BCUT2D eigenvalue weighted by Crippen LogP contribution is 2.25.